The number of hydrogen-bond acceptors (Lipinski definition) is 2. The van der Waals surface area contributed by atoms with Crippen molar-refractivity contribution < 1.29 is 57.1 Å². The summed E-state index contributed by atoms with van der Waals surface area (Å²) >= 11 is 0. The first-order valence-corrected chi connectivity index (χ1v) is 14.9. The zero-order chi connectivity index (χ0) is 26.7. The van der Waals surface area contributed by atoms with Crippen molar-refractivity contribution in [2.45, 2.75) is 104 Å². The van der Waals surface area contributed by atoms with Crippen molar-refractivity contribution in [1.29, 1.82) is 0 Å². The number of anilines is 2. The Morgan fingerprint density at radius 1 is 0.475 bits per heavy atom. The zero-order valence-electron chi connectivity index (χ0n) is 24.5. The number of rotatable bonds is 15. The lowest BCUT2D eigenvalue weighted by Gasteiger charge is -2.07. The van der Waals surface area contributed by atoms with Crippen LogP contribution >= 0.6 is 0 Å². The van der Waals surface area contributed by atoms with Crippen molar-refractivity contribution in [1.82, 2.24) is 0 Å². The van der Waals surface area contributed by atoms with Crippen molar-refractivity contribution in [3.8, 4) is 0 Å². The van der Waals surface area contributed by atoms with Crippen LogP contribution in [0.4, 0.5) is 11.4 Å². The van der Waals surface area contributed by atoms with Crippen molar-refractivity contribution in [3.05, 3.63) is 72.1 Å². The summed E-state index contributed by atoms with van der Waals surface area (Å²) < 4.78 is 4.87. The van der Waals surface area contributed by atoms with Gasteiger partial charge in [-0.2, -0.15) is 9.13 Å². The minimum atomic E-state index is 0. The molecule has 0 atom stereocenters. The molecule has 218 valence electrons. The second-order valence-corrected chi connectivity index (χ2v) is 11.1. The molecule has 2 heterocycles. The zero-order valence-corrected chi connectivity index (χ0v) is 28.8. The van der Waals surface area contributed by atoms with E-state index in [4.69, 9.17) is 11.5 Å². The highest BCUT2D eigenvalue weighted by Gasteiger charge is 2.15. The summed E-state index contributed by atoms with van der Waals surface area (Å²) in [5.41, 5.74) is 19.3. The van der Waals surface area contributed by atoms with Crippen molar-refractivity contribution in [3.63, 3.8) is 0 Å². The van der Waals surface area contributed by atoms with Gasteiger partial charge in [0.15, 0.2) is 11.4 Å². The van der Waals surface area contributed by atoms with E-state index >= 15 is 0 Å². The molecule has 0 aliphatic heterocycles. The molecule has 0 unspecified atom stereocenters. The number of hydrogen-bond donors (Lipinski definition) is 2. The Morgan fingerprint density at radius 2 is 0.775 bits per heavy atom. The van der Waals surface area contributed by atoms with Gasteiger partial charge in [0.05, 0.1) is 22.1 Å². The van der Waals surface area contributed by atoms with Crippen LogP contribution in [0.5, 0.6) is 0 Å². The largest absolute Gasteiger partial charge is 1.00 e. The molecule has 0 radical (unpaired) electrons. The van der Waals surface area contributed by atoms with Crippen LogP contribution in [0, 0.1) is 13.8 Å². The van der Waals surface area contributed by atoms with Crippen molar-refractivity contribution in [2.75, 3.05) is 11.5 Å². The van der Waals surface area contributed by atoms with Gasteiger partial charge in [-0.3, -0.25) is 0 Å². The molecule has 4 aromatic rings. The summed E-state index contributed by atoms with van der Waals surface area (Å²) in [6, 6.07) is 21.2. The Balaban J connectivity index is 0.00000280. The number of unbranched alkanes of at least 4 members (excludes halogenated alkanes) is 11. The highest BCUT2D eigenvalue weighted by atomic mass is 127. The molecule has 4 rings (SSSR count). The molecule has 0 saturated carbocycles. The quantitative estimate of drug-likeness (QED) is 0.110. The molecule has 40 heavy (non-hydrogen) atoms. The van der Waals surface area contributed by atoms with Crippen LogP contribution in [0.15, 0.2) is 60.7 Å². The lowest BCUT2D eigenvalue weighted by molar-refractivity contribution is -0.678. The molecule has 6 heteroatoms. The van der Waals surface area contributed by atoms with E-state index in [2.05, 4.69) is 83.6 Å². The van der Waals surface area contributed by atoms with Crippen LogP contribution in [0.1, 0.15) is 88.4 Å². The Bertz CT molecular complexity index is 1240. The fraction of sp³-hybridized carbons (Fsp3) is 0.471. The standard InChI is InChI=1S/C34H46N4.2HI/c1-27-25-31(35)29-19-13-15-21-33(29)37(27)23-17-11-9-7-5-3-4-6-8-10-12-18-24-38-28(2)26-32(36)30-20-14-16-22-34(30)38;;/h13-16,19-22,25-26,35-36H,3-12,17-18,23-24H2,1-2H3;2*1H. The molecule has 0 saturated heterocycles. The number of aromatic nitrogens is 2. The average molecular weight is 767 g/mol. The number of nitrogens with zero attached hydrogens (tertiary/aromatic N) is 2. The van der Waals surface area contributed by atoms with E-state index in [0.717, 1.165) is 24.5 Å². The van der Waals surface area contributed by atoms with E-state index in [1.807, 2.05) is 0 Å². The predicted octanol–water partition coefficient (Wildman–Crippen LogP) is 1.74. The lowest BCUT2D eigenvalue weighted by atomic mass is 10.0. The van der Waals surface area contributed by atoms with Gasteiger partial charge in [-0.15, -0.1) is 0 Å². The Morgan fingerprint density at radius 3 is 1.12 bits per heavy atom. The van der Waals surface area contributed by atoms with Crippen LogP contribution in [-0.2, 0) is 13.1 Å². The minimum absolute atomic E-state index is 0. The van der Waals surface area contributed by atoms with E-state index in [9.17, 15) is 0 Å². The van der Waals surface area contributed by atoms with Crippen LogP contribution in [-0.4, -0.2) is 0 Å². The van der Waals surface area contributed by atoms with E-state index in [1.165, 1.54) is 110 Å². The highest BCUT2D eigenvalue weighted by molar-refractivity contribution is 5.88. The van der Waals surface area contributed by atoms with Crippen LogP contribution < -0.4 is 68.6 Å². The van der Waals surface area contributed by atoms with Gasteiger partial charge in [-0.05, 0) is 25.0 Å². The van der Waals surface area contributed by atoms with Gasteiger partial charge in [0.2, 0.25) is 11.0 Å². The van der Waals surface area contributed by atoms with Gasteiger partial charge >= 0.3 is 0 Å². The topological polar surface area (TPSA) is 59.8 Å². The molecule has 0 amide bonds. The molecule has 4 N–H and O–H groups in total. The summed E-state index contributed by atoms with van der Waals surface area (Å²) in [7, 11) is 0. The number of nitrogen functional groups attached to an aromatic ring is 2. The molecule has 2 aromatic carbocycles. The van der Waals surface area contributed by atoms with Gasteiger partial charge in [0.1, 0.15) is 13.1 Å². The molecule has 0 bridgehead atoms. The second-order valence-electron chi connectivity index (χ2n) is 11.1. The summed E-state index contributed by atoms with van der Waals surface area (Å²) in [4.78, 5) is 0. The maximum Gasteiger partial charge on any atom is 0.214 e. The van der Waals surface area contributed by atoms with E-state index < -0.39 is 0 Å². The average Bonchev–Trinajstić information content (AvgIpc) is 2.92. The third-order valence-electron chi connectivity index (χ3n) is 8.11. The van der Waals surface area contributed by atoms with E-state index in [-0.39, 0.29) is 48.0 Å². The first-order valence-electron chi connectivity index (χ1n) is 14.9. The maximum absolute atomic E-state index is 6.23. The van der Waals surface area contributed by atoms with Crippen LogP contribution in [0.3, 0.4) is 0 Å². The SMILES string of the molecule is Cc1cc(N)c2ccccc2[n+]1CCCCCCCCCCCCCC[n+]1c(C)cc(N)c2ccccc21.[I-].[I-]. The number of pyridine rings is 2. The van der Waals surface area contributed by atoms with Gasteiger partial charge < -0.3 is 59.4 Å². The van der Waals surface area contributed by atoms with Gasteiger partial charge in [-0.1, -0.05) is 75.6 Å². The highest BCUT2D eigenvalue weighted by Crippen LogP contribution is 2.20. The van der Waals surface area contributed by atoms with Crippen LogP contribution in [0.2, 0.25) is 0 Å². The van der Waals surface area contributed by atoms with Crippen LogP contribution in [0.25, 0.3) is 21.8 Å². The Labute approximate surface area is 276 Å². The number of fused-ring (bicyclic) bond motifs is 2. The number of benzene rings is 2. The van der Waals surface area contributed by atoms with Crippen molar-refractivity contribution in [2.24, 2.45) is 0 Å². The maximum atomic E-state index is 6.23. The fourth-order valence-electron chi connectivity index (χ4n) is 5.95. The Kier molecular flexibility index (Phi) is 15.5. The minimum Gasteiger partial charge on any atom is -1.00 e. The molecule has 0 aliphatic carbocycles. The number of aryl methyl sites for hydroxylation is 4. The molecular weight excluding hydrogens is 718 g/mol. The molecule has 4 nitrogen and oxygen atoms in total. The normalized spacial score (nSPS) is 10.9. The van der Waals surface area contributed by atoms with Gasteiger partial charge in [-0.25, -0.2) is 0 Å². The number of nitrogens with two attached hydrogens (primary N) is 2. The first-order chi connectivity index (χ1) is 18.6. The molecule has 2 aromatic heterocycles. The van der Waals surface area contributed by atoms with Crippen molar-refractivity contribution >= 4 is 33.2 Å². The molecule has 0 spiro atoms. The lowest BCUT2D eigenvalue weighted by Crippen LogP contribution is -3.00. The van der Waals surface area contributed by atoms with Gasteiger partial charge in [0.25, 0.3) is 0 Å². The van der Waals surface area contributed by atoms with Gasteiger partial charge in [0, 0.05) is 51.0 Å². The Hall–Kier alpha value is -1.68. The molecular formula is C34H48I2N4. The van der Waals surface area contributed by atoms with E-state index in [1.54, 1.807) is 0 Å². The van der Waals surface area contributed by atoms with E-state index in [0.29, 0.717) is 0 Å². The third kappa shape index (κ3) is 9.43. The predicted molar refractivity (Wildman–Crippen MR) is 162 cm³/mol. The summed E-state index contributed by atoms with van der Waals surface area (Å²) in [5, 5.41) is 2.34. The number of para-hydroxylation sites is 2. The summed E-state index contributed by atoms with van der Waals surface area (Å²) in [6.45, 7) is 6.51. The molecule has 0 aliphatic rings. The smallest absolute Gasteiger partial charge is 0.214 e. The summed E-state index contributed by atoms with van der Waals surface area (Å²) in [6.07, 6.45) is 16.1. The second kappa shape index (κ2) is 18.0. The molecule has 0 fully saturated rings. The first kappa shape index (κ1) is 34.5. The number of halogens is 2. The fourth-order valence-corrected chi connectivity index (χ4v) is 5.95. The monoisotopic (exact) mass is 766 g/mol. The third-order valence-corrected chi connectivity index (χ3v) is 8.11. The summed E-state index contributed by atoms with van der Waals surface area (Å²) in [5.74, 6) is 0.